The number of nitrogens with zero attached hydrogens (tertiary/aromatic N) is 2. The summed E-state index contributed by atoms with van der Waals surface area (Å²) in [5.74, 6) is 0.607. The second kappa shape index (κ2) is 4.04. The lowest BCUT2D eigenvalue weighted by molar-refractivity contribution is 0.0843. The van der Waals surface area contributed by atoms with E-state index in [1.807, 2.05) is 27.7 Å². The minimum Gasteiger partial charge on any atom is -0.493 e. The van der Waals surface area contributed by atoms with Gasteiger partial charge in [0.05, 0.1) is 13.3 Å². The van der Waals surface area contributed by atoms with Gasteiger partial charge in [-0.05, 0) is 6.92 Å². The summed E-state index contributed by atoms with van der Waals surface area (Å²) >= 11 is 0. The highest BCUT2D eigenvalue weighted by Crippen LogP contribution is 2.27. The van der Waals surface area contributed by atoms with Gasteiger partial charge in [-0.25, -0.2) is 0 Å². The SMILES string of the molecule is CCn1ncc(OC)c1C(=O)C(C)(C)C. The molecule has 0 spiro atoms. The van der Waals surface area contributed by atoms with Crippen molar-refractivity contribution >= 4 is 5.78 Å². The number of rotatable bonds is 3. The maximum Gasteiger partial charge on any atom is 0.189 e. The number of aromatic nitrogens is 2. The number of Topliss-reactive ketones (excluding diaryl/α,β-unsaturated/α-hetero) is 1. The zero-order valence-corrected chi connectivity index (χ0v) is 10.00. The molecule has 0 aliphatic heterocycles. The third-order valence-electron chi connectivity index (χ3n) is 2.22. The fourth-order valence-corrected chi connectivity index (χ4v) is 1.34. The molecule has 84 valence electrons. The summed E-state index contributed by atoms with van der Waals surface area (Å²) in [6.07, 6.45) is 1.59. The van der Waals surface area contributed by atoms with E-state index in [1.165, 1.54) is 0 Å². The summed E-state index contributed by atoms with van der Waals surface area (Å²) in [7, 11) is 1.55. The molecule has 1 aromatic heterocycles. The molecule has 4 heteroatoms. The average Bonchev–Trinajstić information content (AvgIpc) is 2.57. The largest absolute Gasteiger partial charge is 0.493 e. The molecule has 0 radical (unpaired) electrons. The molecule has 0 N–H and O–H groups in total. The first-order chi connectivity index (χ1) is 6.91. The lowest BCUT2D eigenvalue weighted by atomic mass is 9.88. The van der Waals surface area contributed by atoms with E-state index in [1.54, 1.807) is 18.0 Å². The Morgan fingerprint density at radius 1 is 1.53 bits per heavy atom. The Balaban J connectivity index is 3.22. The van der Waals surface area contributed by atoms with E-state index >= 15 is 0 Å². The van der Waals surface area contributed by atoms with E-state index in [2.05, 4.69) is 5.10 Å². The van der Waals surface area contributed by atoms with Crippen LogP contribution in [0.2, 0.25) is 0 Å². The van der Waals surface area contributed by atoms with Crippen LogP contribution in [0.5, 0.6) is 5.75 Å². The number of hydrogen-bond acceptors (Lipinski definition) is 3. The summed E-state index contributed by atoms with van der Waals surface area (Å²) in [6.45, 7) is 8.29. The molecular weight excluding hydrogens is 192 g/mol. The Labute approximate surface area is 90.2 Å². The van der Waals surface area contributed by atoms with E-state index in [0.29, 0.717) is 18.0 Å². The zero-order valence-electron chi connectivity index (χ0n) is 10.00. The van der Waals surface area contributed by atoms with Crippen LogP contribution in [0.1, 0.15) is 38.2 Å². The number of carbonyl (C=O) groups is 1. The van der Waals surface area contributed by atoms with Crippen LogP contribution in [0, 0.1) is 5.41 Å². The maximum absolute atomic E-state index is 12.1. The fraction of sp³-hybridized carbons (Fsp3) is 0.636. The lowest BCUT2D eigenvalue weighted by Gasteiger charge is -2.17. The molecule has 1 rings (SSSR count). The van der Waals surface area contributed by atoms with Crippen LogP contribution in [-0.4, -0.2) is 22.7 Å². The second-order valence-electron chi connectivity index (χ2n) is 4.46. The Morgan fingerprint density at radius 3 is 2.53 bits per heavy atom. The van der Waals surface area contributed by atoms with E-state index in [4.69, 9.17) is 4.74 Å². The van der Waals surface area contributed by atoms with E-state index in [9.17, 15) is 4.79 Å². The van der Waals surface area contributed by atoms with Crippen molar-refractivity contribution in [2.24, 2.45) is 5.41 Å². The van der Waals surface area contributed by atoms with Crippen LogP contribution in [-0.2, 0) is 6.54 Å². The number of methoxy groups -OCH3 is 1. The third-order valence-corrected chi connectivity index (χ3v) is 2.22. The molecule has 15 heavy (non-hydrogen) atoms. The summed E-state index contributed by atoms with van der Waals surface area (Å²) in [5, 5.41) is 4.11. The first-order valence-electron chi connectivity index (χ1n) is 5.06. The van der Waals surface area contributed by atoms with Gasteiger partial charge >= 0.3 is 0 Å². The van der Waals surface area contributed by atoms with Gasteiger partial charge < -0.3 is 4.74 Å². The van der Waals surface area contributed by atoms with Gasteiger partial charge in [0.2, 0.25) is 0 Å². The Bertz CT molecular complexity index is 340. The highest BCUT2D eigenvalue weighted by Gasteiger charge is 2.29. The van der Waals surface area contributed by atoms with Gasteiger partial charge in [-0.1, -0.05) is 20.8 Å². The molecule has 0 amide bonds. The van der Waals surface area contributed by atoms with Crippen molar-refractivity contribution in [2.75, 3.05) is 7.11 Å². The van der Waals surface area contributed by atoms with Crippen molar-refractivity contribution in [1.82, 2.24) is 9.78 Å². The lowest BCUT2D eigenvalue weighted by Crippen LogP contribution is -2.24. The summed E-state index contributed by atoms with van der Waals surface area (Å²) in [5.41, 5.74) is 0.146. The van der Waals surface area contributed by atoms with Crippen LogP contribution in [0.4, 0.5) is 0 Å². The van der Waals surface area contributed by atoms with E-state index in [0.717, 1.165) is 0 Å². The molecule has 0 atom stereocenters. The summed E-state index contributed by atoms with van der Waals surface area (Å²) in [6, 6.07) is 0. The van der Waals surface area contributed by atoms with Gasteiger partial charge in [0.1, 0.15) is 5.69 Å². The molecule has 0 saturated carbocycles. The Hall–Kier alpha value is -1.32. The standard InChI is InChI=1S/C11H18N2O2/c1-6-13-9(8(15-5)7-12-13)10(14)11(2,3)4/h7H,6H2,1-5H3. The normalized spacial score (nSPS) is 11.5. The molecule has 4 nitrogen and oxygen atoms in total. The van der Waals surface area contributed by atoms with Gasteiger partial charge in [-0.15, -0.1) is 0 Å². The number of ether oxygens (including phenoxy) is 1. The summed E-state index contributed by atoms with van der Waals surface area (Å²) < 4.78 is 6.81. The van der Waals surface area contributed by atoms with E-state index in [-0.39, 0.29) is 5.78 Å². The first-order valence-corrected chi connectivity index (χ1v) is 5.06. The van der Waals surface area contributed by atoms with Crippen molar-refractivity contribution in [3.05, 3.63) is 11.9 Å². The topological polar surface area (TPSA) is 44.1 Å². The molecule has 1 heterocycles. The first kappa shape index (κ1) is 11.8. The van der Waals surface area contributed by atoms with Gasteiger partial charge in [0.15, 0.2) is 11.5 Å². The van der Waals surface area contributed by atoms with Gasteiger partial charge in [-0.3, -0.25) is 9.48 Å². The molecule has 0 fully saturated rings. The molecule has 1 aromatic rings. The third kappa shape index (κ3) is 2.19. The highest BCUT2D eigenvalue weighted by molar-refractivity contribution is 6.00. The zero-order chi connectivity index (χ0) is 11.6. The molecule has 0 aliphatic rings. The van der Waals surface area contributed by atoms with E-state index < -0.39 is 5.41 Å². The maximum atomic E-state index is 12.1. The number of hydrogen-bond donors (Lipinski definition) is 0. The van der Waals surface area contributed by atoms with Crippen LogP contribution in [0.25, 0.3) is 0 Å². The molecular formula is C11H18N2O2. The highest BCUT2D eigenvalue weighted by atomic mass is 16.5. The van der Waals surface area contributed by atoms with Crippen LogP contribution < -0.4 is 4.74 Å². The number of ketones is 1. The van der Waals surface area contributed by atoms with Crippen LogP contribution >= 0.6 is 0 Å². The predicted molar refractivity (Wildman–Crippen MR) is 58.2 cm³/mol. The Morgan fingerprint density at radius 2 is 2.13 bits per heavy atom. The molecule has 0 aromatic carbocycles. The number of carbonyl (C=O) groups excluding carboxylic acids is 1. The predicted octanol–water partition coefficient (Wildman–Crippen LogP) is 2.14. The van der Waals surface area contributed by atoms with Crippen molar-refractivity contribution < 1.29 is 9.53 Å². The fourth-order valence-electron chi connectivity index (χ4n) is 1.34. The molecule has 0 aliphatic carbocycles. The van der Waals surface area contributed by atoms with Crippen molar-refractivity contribution in [2.45, 2.75) is 34.2 Å². The average molecular weight is 210 g/mol. The second-order valence-corrected chi connectivity index (χ2v) is 4.46. The summed E-state index contributed by atoms with van der Waals surface area (Å²) in [4.78, 5) is 12.1. The van der Waals surface area contributed by atoms with Crippen LogP contribution in [0.15, 0.2) is 6.20 Å². The molecule has 0 bridgehead atoms. The van der Waals surface area contributed by atoms with Crippen molar-refractivity contribution in [1.29, 1.82) is 0 Å². The minimum atomic E-state index is -0.416. The quantitative estimate of drug-likeness (QED) is 0.718. The molecule has 0 saturated heterocycles. The smallest absolute Gasteiger partial charge is 0.189 e. The van der Waals surface area contributed by atoms with Crippen molar-refractivity contribution in [3.63, 3.8) is 0 Å². The van der Waals surface area contributed by atoms with Gasteiger partial charge in [-0.2, -0.15) is 5.10 Å². The minimum absolute atomic E-state index is 0.0544. The molecule has 0 unspecified atom stereocenters. The number of aryl methyl sites for hydroxylation is 1. The van der Waals surface area contributed by atoms with Gasteiger partial charge in [0, 0.05) is 12.0 Å². The van der Waals surface area contributed by atoms with Crippen molar-refractivity contribution in [3.8, 4) is 5.75 Å². The monoisotopic (exact) mass is 210 g/mol. The van der Waals surface area contributed by atoms with Gasteiger partial charge in [0.25, 0.3) is 0 Å². The Kier molecular flexibility index (Phi) is 3.17. The van der Waals surface area contributed by atoms with Crippen LogP contribution in [0.3, 0.4) is 0 Å².